The maximum absolute atomic E-state index is 11.7. The Hall–Kier alpha value is -0.0100. The van der Waals surface area contributed by atoms with Gasteiger partial charge in [0.05, 0.1) is 9.26 Å². The minimum Gasteiger partial charge on any atom is -0.310 e. The van der Waals surface area contributed by atoms with Gasteiger partial charge in [-0.3, -0.25) is 4.79 Å². The number of anilines is 1. The predicted molar refractivity (Wildman–Crippen MR) is 71.7 cm³/mol. The summed E-state index contributed by atoms with van der Waals surface area (Å²) in [6.45, 7) is 0.637. The molecule has 1 aromatic heterocycles. The van der Waals surface area contributed by atoms with Gasteiger partial charge in [0.15, 0.2) is 0 Å². The largest absolute Gasteiger partial charge is 0.310 e. The number of aromatic nitrogens is 1. The minimum atomic E-state index is 0.0928. The molecular formula is C9H8ClIN2OS. The molecule has 1 atom stereocenters. The lowest BCUT2D eigenvalue weighted by Crippen LogP contribution is -2.25. The lowest BCUT2D eigenvalue weighted by molar-refractivity contribution is -0.117. The summed E-state index contributed by atoms with van der Waals surface area (Å²) in [6.07, 6.45) is 2.15. The van der Waals surface area contributed by atoms with Crippen molar-refractivity contribution in [2.75, 3.05) is 11.4 Å². The van der Waals surface area contributed by atoms with E-state index in [2.05, 4.69) is 40.2 Å². The maximum atomic E-state index is 11.7. The van der Waals surface area contributed by atoms with Crippen LogP contribution >= 0.6 is 46.8 Å². The van der Waals surface area contributed by atoms with Gasteiger partial charge in [-0.05, 0) is 22.6 Å². The molecule has 1 amide bonds. The third-order valence-electron chi connectivity index (χ3n) is 2.20. The van der Waals surface area contributed by atoms with Gasteiger partial charge in [0.2, 0.25) is 5.91 Å². The highest BCUT2D eigenvalue weighted by atomic mass is 127. The summed E-state index contributed by atoms with van der Waals surface area (Å²) in [5.74, 6) is 0.0928. The Morgan fingerprint density at radius 1 is 1.67 bits per heavy atom. The van der Waals surface area contributed by atoms with Crippen molar-refractivity contribution in [3.05, 3.63) is 21.0 Å². The molecule has 1 unspecified atom stereocenters. The Labute approximate surface area is 112 Å². The number of hydrogen-bond acceptors (Lipinski definition) is 3. The van der Waals surface area contributed by atoms with Gasteiger partial charge < -0.3 is 4.90 Å². The van der Waals surface area contributed by atoms with Gasteiger partial charge in [0, 0.05) is 30.5 Å². The number of halogens is 2. The van der Waals surface area contributed by atoms with E-state index in [1.165, 1.54) is 0 Å². The predicted octanol–water partition coefficient (Wildman–Crippen LogP) is 2.37. The highest BCUT2D eigenvalue weighted by molar-refractivity contribution is 14.1. The summed E-state index contributed by atoms with van der Waals surface area (Å²) in [5.41, 5.74) is 0.831. The van der Waals surface area contributed by atoms with E-state index in [-0.39, 0.29) is 11.2 Å². The van der Waals surface area contributed by atoms with Crippen LogP contribution in [-0.4, -0.2) is 22.7 Å². The van der Waals surface area contributed by atoms with Crippen LogP contribution in [0.15, 0.2) is 12.3 Å². The minimum absolute atomic E-state index is 0.0928. The van der Waals surface area contributed by atoms with Crippen LogP contribution in [0.4, 0.5) is 5.69 Å². The molecule has 1 fully saturated rings. The summed E-state index contributed by atoms with van der Waals surface area (Å²) >= 11 is 12.3. The molecule has 1 aromatic rings. The first-order chi connectivity index (χ1) is 7.08. The van der Waals surface area contributed by atoms with Crippen LogP contribution in [-0.2, 0) is 4.79 Å². The van der Waals surface area contributed by atoms with Crippen molar-refractivity contribution >= 4 is 58.4 Å². The molecule has 15 heavy (non-hydrogen) atoms. The quantitative estimate of drug-likeness (QED) is 0.477. The summed E-state index contributed by atoms with van der Waals surface area (Å²) in [6, 6.07) is 1.72. The van der Waals surface area contributed by atoms with Crippen LogP contribution in [0.2, 0.25) is 5.15 Å². The van der Waals surface area contributed by atoms with Gasteiger partial charge >= 0.3 is 0 Å². The second-order valence-corrected chi connectivity index (χ2v) is 5.60. The molecule has 0 spiro atoms. The monoisotopic (exact) mass is 354 g/mol. The Balaban J connectivity index is 2.37. The SMILES string of the molecule is O=C1CC(S)CN1c1cc(Cl)ncc1I. The van der Waals surface area contributed by atoms with E-state index < -0.39 is 0 Å². The van der Waals surface area contributed by atoms with Crippen molar-refractivity contribution in [1.29, 1.82) is 0 Å². The molecule has 80 valence electrons. The molecule has 1 saturated heterocycles. The Kier molecular flexibility index (Phi) is 3.42. The van der Waals surface area contributed by atoms with Crippen molar-refractivity contribution in [3.63, 3.8) is 0 Å². The zero-order valence-electron chi connectivity index (χ0n) is 7.65. The number of nitrogens with zero attached hydrogens (tertiary/aromatic N) is 2. The summed E-state index contributed by atoms with van der Waals surface area (Å²) in [4.78, 5) is 17.3. The van der Waals surface area contributed by atoms with Crippen LogP contribution in [0, 0.1) is 3.57 Å². The topological polar surface area (TPSA) is 33.2 Å². The number of amides is 1. The van der Waals surface area contributed by atoms with Gasteiger partial charge in [-0.2, -0.15) is 12.6 Å². The van der Waals surface area contributed by atoms with Crippen molar-refractivity contribution in [2.24, 2.45) is 0 Å². The van der Waals surface area contributed by atoms with Gasteiger partial charge in [-0.15, -0.1) is 0 Å². The number of thiol groups is 1. The molecular weight excluding hydrogens is 347 g/mol. The van der Waals surface area contributed by atoms with Crippen molar-refractivity contribution in [2.45, 2.75) is 11.7 Å². The molecule has 3 nitrogen and oxygen atoms in total. The molecule has 0 bridgehead atoms. The first-order valence-corrected chi connectivity index (χ1v) is 6.34. The fourth-order valence-electron chi connectivity index (χ4n) is 1.53. The van der Waals surface area contributed by atoms with E-state index in [1.54, 1.807) is 17.2 Å². The van der Waals surface area contributed by atoms with Gasteiger partial charge in [-0.25, -0.2) is 4.98 Å². The number of carbonyl (C=O) groups is 1. The van der Waals surface area contributed by atoms with E-state index in [1.807, 2.05) is 0 Å². The maximum Gasteiger partial charge on any atom is 0.228 e. The van der Waals surface area contributed by atoms with Gasteiger partial charge in [-0.1, -0.05) is 11.6 Å². The van der Waals surface area contributed by atoms with E-state index in [0.717, 1.165) is 9.26 Å². The average molecular weight is 355 g/mol. The number of pyridine rings is 1. The molecule has 2 rings (SSSR count). The number of rotatable bonds is 1. The smallest absolute Gasteiger partial charge is 0.228 e. The second-order valence-electron chi connectivity index (χ2n) is 3.32. The molecule has 0 N–H and O–H groups in total. The van der Waals surface area contributed by atoms with Gasteiger partial charge in [0.25, 0.3) is 0 Å². The molecule has 0 saturated carbocycles. The molecule has 2 heterocycles. The van der Waals surface area contributed by atoms with Crippen LogP contribution in [0.5, 0.6) is 0 Å². The lowest BCUT2D eigenvalue weighted by Gasteiger charge is -2.17. The van der Waals surface area contributed by atoms with Crippen LogP contribution < -0.4 is 4.90 Å². The second kappa shape index (κ2) is 4.47. The Bertz CT molecular complexity index is 415. The summed E-state index contributed by atoms with van der Waals surface area (Å²) < 4.78 is 0.924. The lowest BCUT2D eigenvalue weighted by atomic mass is 10.3. The third-order valence-corrected chi connectivity index (χ3v) is 3.58. The van der Waals surface area contributed by atoms with Crippen LogP contribution in [0.3, 0.4) is 0 Å². The fourth-order valence-corrected chi connectivity index (χ4v) is 2.59. The van der Waals surface area contributed by atoms with Crippen LogP contribution in [0.25, 0.3) is 0 Å². The van der Waals surface area contributed by atoms with Crippen LogP contribution in [0.1, 0.15) is 6.42 Å². The van der Waals surface area contributed by atoms with Gasteiger partial charge in [0.1, 0.15) is 5.15 Å². The normalized spacial score (nSPS) is 21.1. The third kappa shape index (κ3) is 2.39. The molecule has 0 aliphatic carbocycles. The molecule has 0 aromatic carbocycles. The zero-order valence-corrected chi connectivity index (χ0v) is 11.5. The van der Waals surface area contributed by atoms with E-state index in [4.69, 9.17) is 11.6 Å². The van der Waals surface area contributed by atoms with Crippen molar-refractivity contribution < 1.29 is 4.79 Å². The number of carbonyl (C=O) groups excluding carboxylic acids is 1. The average Bonchev–Trinajstić information content (AvgIpc) is 2.50. The number of hydrogen-bond donors (Lipinski definition) is 1. The zero-order chi connectivity index (χ0) is 11.0. The first kappa shape index (κ1) is 11.5. The fraction of sp³-hybridized carbons (Fsp3) is 0.333. The highest BCUT2D eigenvalue weighted by Gasteiger charge is 2.29. The standard InChI is InChI=1S/C9H8ClIN2OS/c10-8-2-7(6(11)3-12-8)13-4-5(15)1-9(13)14/h2-3,5,15H,1,4H2. The molecule has 1 aliphatic rings. The molecule has 6 heteroatoms. The van der Waals surface area contributed by atoms with E-state index in [9.17, 15) is 4.79 Å². The van der Waals surface area contributed by atoms with E-state index >= 15 is 0 Å². The highest BCUT2D eigenvalue weighted by Crippen LogP contribution is 2.29. The van der Waals surface area contributed by atoms with Crippen molar-refractivity contribution in [3.8, 4) is 0 Å². The Morgan fingerprint density at radius 2 is 2.40 bits per heavy atom. The molecule has 0 radical (unpaired) electrons. The van der Waals surface area contributed by atoms with Crippen molar-refractivity contribution in [1.82, 2.24) is 4.98 Å². The first-order valence-electron chi connectivity index (χ1n) is 4.37. The Morgan fingerprint density at radius 3 is 3.00 bits per heavy atom. The summed E-state index contributed by atoms with van der Waals surface area (Å²) in [5, 5.41) is 0.515. The van der Waals surface area contributed by atoms with E-state index in [0.29, 0.717) is 18.1 Å². The summed E-state index contributed by atoms with van der Waals surface area (Å²) in [7, 11) is 0. The molecule has 1 aliphatic heterocycles.